The highest BCUT2D eigenvalue weighted by Gasteiger charge is 2.39. The zero-order valence-corrected chi connectivity index (χ0v) is 14.9. The van der Waals surface area contributed by atoms with Gasteiger partial charge in [0.05, 0.1) is 18.2 Å². The predicted molar refractivity (Wildman–Crippen MR) is 97.8 cm³/mol. The standard InChI is InChI=1S/C19H26N4O3/c24-15-12-16(20-13-15)18(25)22-10-8-21(9-11-22)17-6-7-23(19(17)26)14-4-2-1-3-5-14/h1-5,15-17,20,24H,6-13H2. The van der Waals surface area contributed by atoms with Gasteiger partial charge in [-0.15, -0.1) is 0 Å². The molecule has 0 aromatic heterocycles. The van der Waals surface area contributed by atoms with Gasteiger partial charge in [-0.3, -0.25) is 14.5 Å². The van der Waals surface area contributed by atoms with E-state index in [1.54, 1.807) is 0 Å². The average Bonchev–Trinajstić information content (AvgIpc) is 3.28. The molecule has 0 spiro atoms. The van der Waals surface area contributed by atoms with E-state index in [4.69, 9.17) is 0 Å². The van der Waals surface area contributed by atoms with Crippen molar-refractivity contribution in [3.63, 3.8) is 0 Å². The molecule has 140 valence electrons. The molecular weight excluding hydrogens is 332 g/mol. The van der Waals surface area contributed by atoms with Crippen LogP contribution in [0.25, 0.3) is 0 Å². The number of β-amino-alcohol motifs (C(OH)–C–C–N with tert-alkyl or cyclic N) is 1. The molecule has 3 unspecified atom stereocenters. The molecule has 1 aromatic carbocycles. The number of nitrogens with zero attached hydrogens (tertiary/aromatic N) is 3. The molecule has 3 aliphatic rings. The first-order chi connectivity index (χ1) is 12.6. The highest BCUT2D eigenvalue weighted by atomic mass is 16.3. The number of carbonyl (C=O) groups is 2. The van der Waals surface area contributed by atoms with Gasteiger partial charge < -0.3 is 20.2 Å². The van der Waals surface area contributed by atoms with Crippen molar-refractivity contribution in [2.24, 2.45) is 0 Å². The van der Waals surface area contributed by atoms with E-state index >= 15 is 0 Å². The second kappa shape index (κ2) is 7.34. The van der Waals surface area contributed by atoms with E-state index in [1.165, 1.54) is 0 Å². The van der Waals surface area contributed by atoms with Crippen LogP contribution >= 0.6 is 0 Å². The van der Waals surface area contributed by atoms with Crippen LogP contribution in [-0.2, 0) is 9.59 Å². The normalized spacial score (nSPS) is 30.2. The molecule has 1 aromatic rings. The molecule has 4 rings (SSSR count). The molecule has 0 aliphatic carbocycles. The van der Waals surface area contributed by atoms with Crippen LogP contribution < -0.4 is 10.2 Å². The summed E-state index contributed by atoms with van der Waals surface area (Å²) in [5.74, 6) is 0.237. The Bertz CT molecular complexity index is 660. The van der Waals surface area contributed by atoms with Gasteiger partial charge in [0.25, 0.3) is 0 Å². The molecule has 3 heterocycles. The lowest BCUT2D eigenvalue weighted by Crippen LogP contribution is -2.56. The van der Waals surface area contributed by atoms with Crippen molar-refractivity contribution in [1.29, 1.82) is 0 Å². The van der Waals surface area contributed by atoms with Crippen LogP contribution in [0.5, 0.6) is 0 Å². The first-order valence-electron chi connectivity index (χ1n) is 9.44. The number of aliphatic hydroxyl groups is 1. The Balaban J connectivity index is 1.32. The summed E-state index contributed by atoms with van der Waals surface area (Å²) in [6.07, 6.45) is 0.898. The van der Waals surface area contributed by atoms with Gasteiger partial charge in [0, 0.05) is 45.0 Å². The van der Waals surface area contributed by atoms with Crippen molar-refractivity contribution in [3.05, 3.63) is 30.3 Å². The molecule has 2 amide bonds. The fourth-order valence-electron chi connectivity index (χ4n) is 4.25. The van der Waals surface area contributed by atoms with Crippen molar-refractivity contribution >= 4 is 17.5 Å². The minimum absolute atomic E-state index is 0.0739. The van der Waals surface area contributed by atoms with E-state index in [9.17, 15) is 14.7 Å². The topological polar surface area (TPSA) is 76.1 Å². The highest BCUT2D eigenvalue weighted by molar-refractivity contribution is 5.99. The fraction of sp³-hybridized carbons (Fsp3) is 0.579. The molecule has 3 atom stereocenters. The Morgan fingerprint density at radius 3 is 2.46 bits per heavy atom. The predicted octanol–water partition coefficient (Wildman–Crippen LogP) is -0.341. The third-order valence-corrected chi connectivity index (χ3v) is 5.72. The third-order valence-electron chi connectivity index (χ3n) is 5.72. The lowest BCUT2D eigenvalue weighted by atomic mass is 10.1. The van der Waals surface area contributed by atoms with Crippen LogP contribution in [0.2, 0.25) is 0 Å². The Hall–Kier alpha value is -1.96. The van der Waals surface area contributed by atoms with Gasteiger partial charge in [-0.25, -0.2) is 0 Å². The van der Waals surface area contributed by atoms with Crippen molar-refractivity contribution < 1.29 is 14.7 Å². The number of rotatable bonds is 3. The van der Waals surface area contributed by atoms with Crippen LogP contribution in [-0.4, -0.2) is 84.2 Å². The molecule has 3 fully saturated rings. The van der Waals surface area contributed by atoms with Crippen LogP contribution in [0.15, 0.2) is 30.3 Å². The SMILES string of the molecule is O=C(C1CC(O)CN1)N1CCN(C2CCN(c3ccccc3)C2=O)CC1. The number of piperazine rings is 1. The van der Waals surface area contributed by atoms with Crippen LogP contribution in [0, 0.1) is 0 Å². The van der Waals surface area contributed by atoms with E-state index in [0.717, 1.165) is 31.7 Å². The second-order valence-corrected chi connectivity index (χ2v) is 7.34. The van der Waals surface area contributed by atoms with Gasteiger partial charge in [0.1, 0.15) is 0 Å². The average molecular weight is 358 g/mol. The van der Waals surface area contributed by atoms with Crippen molar-refractivity contribution in [2.45, 2.75) is 31.0 Å². The molecule has 7 nitrogen and oxygen atoms in total. The molecule has 7 heteroatoms. The maximum absolute atomic E-state index is 12.8. The Kier molecular flexibility index (Phi) is 4.93. The lowest BCUT2D eigenvalue weighted by molar-refractivity contribution is -0.135. The van der Waals surface area contributed by atoms with Crippen molar-refractivity contribution in [3.8, 4) is 0 Å². The summed E-state index contributed by atoms with van der Waals surface area (Å²) in [5.41, 5.74) is 0.958. The summed E-state index contributed by atoms with van der Waals surface area (Å²) in [6, 6.07) is 9.45. The number of hydrogen-bond acceptors (Lipinski definition) is 5. The highest BCUT2D eigenvalue weighted by Crippen LogP contribution is 2.25. The summed E-state index contributed by atoms with van der Waals surface area (Å²) in [4.78, 5) is 31.3. The van der Waals surface area contributed by atoms with E-state index in [1.807, 2.05) is 40.1 Å². The number of hydrogen-bond donors (Lipinski definition) is 2. The Morgan fingerprint density at radius 2 is 1.81 bits per heavy atom. The first kappa shape index (κ1) is 17.5. The van der Waals surface area contributed by atoms with Crippen LogP contribution in [0.3, 0.4) is 0 Å². The molecule has 0 saturated carbocycles. The number of nitrogens with one attached hydrogen (secondary N) is 1. The van der Waals surface area contributed by atoms with E-state index in [0.29, 0.717) is 26.1 Å². The van der Waals surface area contributed by atoms with Crippen molar-refractivity contribution in [1.82, 2.24) is 15.1 Å². The number of para-hydroxylation sites is 1. The van der Waals surface area contributed by atoms with Crippen molar-refractivity contribution in [2.75, 3.05) is 44.2 Å². The quantitative estimate of drug-likeness (QED) is 0.773. The molecule has 3 saturated heterocycles. The third kappa shape index (κ3) is 3.34. The number of anilines is 1. The fourth-order valence-corrected chi connectivity index (χ4v) is 4.25. The molecule has 0 radical (unpaired) electrons. The maximum Gasteiger partial charge on any atom is 0.244 e. The zero-order valence-electron chi connectivity index (χ0n) is 14.9. The van der Waals surface area contributed by atoms with E-state index in [-0.39, 0.29) is 23.9 Å². The summed E-state index contributed by atoms with van der Waals surface area (Å²) in [6.45, 7) is 3.96. The molecule has 26 heavy (non-hydrogen) atoms. The largest absolute Gasteiger partial charge is 0.392 e. The van der Waals surface area contributed by atoms with Gasteiger partial charge in [-0.05, 0) is 25.0 Å². The molecule has 3 aliphatic heterocycles. The van der Waals surface area contributed by atoms with E-state index < -0.39 is 6.10 Å². The number of amides is 2. The molecule has 0 bridgehead atoms. The second-order valence-electron chi connectivity index (χ2n) is 7.34. The van der Waals surface area contributed by atoms with E-state index in [2.05, 4.69) is 10.2 Å². The minimum atomic E-state index is -0.426. The minimum Gasteiger partial charge on any atom is -0.392 e. The van der Waals surface area contributed by atoms with Gasteiger partial charge >= 0.3 is 0 Å². The Morgan fingerprint density at radius 1 is 1.08 bits per heavy atom. The summed E-state index contributed by atoms with van der Waals surface area (Å²) in [7, 11) is 0. The zero-order chi connectivity index (χ0) is 18.1. The monoisotopic (exact) mass is 358 g/mol. The Labute approximate surface area is 153 Å². The summed E-state index contributed by atoms with van der Waals surface area (Å²) < 4.78 is 0. The summed E-state index contributed by atoms with van der Waals surface area (Å²) >= 11 is 0. The number of carbonyl (C=O) groups excluding carboxylic acids is 2. The van der Waals surface area contributed by atoms with Gasteiger partial charge in [0.2, 0.25) is 11.8 Å². The molecular formula is C19H26N4O3. The van der Waals surface area contributed by atoms with Gasteiger partial charge in [0.15, 0.2) is 0 Å². The lowest BCUT2D eigenvalue weighted by Gasteiger charge is -2.38. The van der Waals surface area contributed by atoms with Gasteiger partial charge in [-0.1, -0.05) is 18.2 Å². The van der Waals surface area contributed by atoms with Gasteiger partial charge in [-0.2, -0.15) is 0 Å². The number of benzene rings is 1. The van der Waals surface area contributed by atoms with Crippen LogP contribution in [0.4, 0.5) is 5.69 Å². The summed E-state index contributed by atoms with van der Waals surface area (Å²) in [5, 5.41) is 12.7. The maximum atomic E-state index is 12.8. The first-order valence-corrected chi connectivity index (χ1v) is 9.44. The smallest absolute Gasteiger partial charge is 0.244 e. The van der Waals surface area contributed by atoms with Crippen LogP contribution in [0.1, 0.15) is 12.8 Å². The number of aliphatic hydroxyl groups excluding tert-OH is 1. The molecule has 2 N–H and O–H groups in total.